The number of fused-ring (bicyclic) bond motifs is 1. The van der Waals surface area contributed by atoms with Gasteiger partial charge in [0.05, 0.1) is 17.3 Å². The Morgan fingerprint density at radius 3 is 2.91 bits per heavy atom. The summed E-state index contributed by atoms with van der Waals surface area (Å²) in [6.45, 7) is 2.19. The highest BCUT2D eigenvalue weighted by Crippen LogP contribution is 2.39. The Morgan fingerprint density at radius 2 is 2.27 bits per heavy atom. The van der Waals surface area contributed by atoms with E-state index in [9.17, 15) is 9.59 Å². The third-order valence-electron chi connectivity index (χ3n) is 3.95. The number of anilines is 1. The predicted molar refractivity (Wildman–Crippen MR) is 85.2 cm³/mol. The molecule has 1 aliphatic carbocycles. The number of aryl methyl sites for hydroxylation is 1. The Labute approximate surface area is 132 Å². The molecule has 0 unspecified atom stereocenters. The topological polar surface area (TPSA) is 90.0 Å². The van der Waals surface area contributed by atoms with Gasteiger partial charge in [-0.3, -0.25) is 14.3 Å². The maximum absolute atomic E-state index is 12.3. The van der Waals surface area contributed by atoms with Crippen molar-refractivity contribution in [2.45, 2.75) is 26.2 Å². The zero-order valence-corrected chi connectivity index (χ0v) is 13.4. The number of amides is 2. The number of carbonyl (C=O) groups excluding carboxylic acids is 2. The smallest absolute Gasteiger partial charge is 0.259 e. The van der Waals surface area contributed by atoms with Crippen molar-refractivity contribution in [2.24, 2.45) is 18.7 Å². The fourth-order valence-corrected chi connectivity index (χ4v) is 4.22. The van der Waals surface area contributed by atoms with Gasteiger partial charge in [-0.25, -0.2) is 0 Å². The molecule has 2 aromatic heterocycles. The van der Waals surface area contributed by atoms with E-state index in [0.717, 1.165) is 29.7 Å². The van der Waals surface area contributed by atoms with Crippen molar-refractivity contribution in [3.05, 3.63) is 34.0 Å². The van der Waals surface area contributed by atoms with Crippen LogP contribution in [0.1, 0.15) is 44.5 Å². The van der Waals surface area contributed by atoms with Crippen molar-refractivity contribution >= 4 is 28.2 Å². The lowest BCUT2D eigenvalue weighted by Crippen LogP contribution is -2.19. The van der Waals surface area contributed by atoms with E-state index >= 15 is 0 Å². The summed E-state index contributed by atoms with van der Waals surface area (Å²) >= 11 is 1.46. The fraction of sp³-hybridized carbons (Fsp3) is 0.400. The molecule has 3 N–H and O–H groups in total. The number of hydrogen-bond donors (Lipinski definition) is 2. The molecule has 1 atom stereocenters. The third-order valence-corrected chi connectivity index (χ3v) is 5.12. The van der Waals surface area contributed by atoms with Crippen molar-refractivity contribution in [3.63, 3.8) is 0 Å². The number of carbonyl (C=O) groups is 2. The van der Waals surface area contributed by atoms with Crippen molar-refractivity contribution in [1.82, 2.24) is 9.78 Å². The van der Waals surface area contributed by atoms with Crippen molar-refractivity contribution < 1.29 is 9.59 Å². The quantitative estimate of drug-likeness (QED) is 0.906. The van der Waals surface area contributed by atoms with Gasteiger partial charge < -0.3 is 11.1 Å². The Kier molecular flexibility index (Phi) is 3.74. The van der Waals surface area contributed by atoms with E-state index in [2.05, 4.69) is 17.3 Å². The molecule has 22 heavy (non-hydrogen) atoms. The van der Waals surface area contributed by atoms with Gasteiger partial charge in [-0.05, 0) is 30.7 Å². The van der Waals surface area contributed by atoms with E-state index in [1.54, 1.807) is 17.9 Å². The molecule has 1 aliphatic rings. The van der Waals surface area contributed by atoms with Crippen LogP contribution in [0.2, 0.25) is 0 Å². The average molecular weight is 318 g/mol. The Morgan fingerprint density at radius 1 is 1.50 bits per heavy atom. The number of nitrogens with two attached hydrogens (primary N) is 1. The number of thiophene rings is 1. The van der Waals surface area contributed by atoms with E-state index < -0.39 is 5.91 Å². The van der Waals surface area contributed by atoms with Crippen molar-refractivity contribution in [3.8, 4) is 0 Å². The molecule has 6 nitrogen and oxygen atoms in total. The van der Waals surface area contributed by atoms with Gasteiger partial charge in [0.25, 0.3) is 11.8 Å². The number of rotatable bonds is 3. The molecule has 0 saturated carbocycles. The van der Waals surface area contributed by atoms with Gasteiger partial charge in [-0.1, -0.05) is 6.92 Å². The Bertz CT molecular complexity index is 747. The van der Waals surface area contributed by atoms with Crippen molar-refractivity contribution in [1.29, 1.82) is 0 Å². The van der Waals surface area contributed by atoms with E-state index in [0.29, 0.717) is 22.0 Å². The first kappa shape index (κ1) is 14.8. The molecule has 0 aromatic carbocycles. The second-order valence-electron chi connectivity index (χ2n) is 5.78. The molecule has 3 rings (SSSR count). The molecule has 7 heteroatoms. The van der Waals surface area contributed by atoms with Crippen LogP contribution < -0.4 is 11.1 Å². The van der Waals surface area contributed by atoms with Gasteiger partial charge in [0, 0.05) is 18.1 Å². The molecule has 0 spiro atoms. The van der Waals surface area contributed by atoms with Gasteiger partial charge in [-0.15, -0.1) is 11.3 Å². The molecular weight excluding hydrogens is 300 g/mol. The fourth-order valence-electron chi connectivity index (χ4n) is 2.81. The first-order chi connectivity index (χ1) is 10.5. The third kappa shape index (κ3) is 2.64. The van der Waals surface area contributed by atoms with Gasteiger partial charge in [0.1, 0.15) is 5.00 Å². The van der Waals surface area contributed by atoms with Crippen LogP contribution in [0.4, 0.5) is 5.00 Å². The second kappa shape index (κ2) is 5.57. The standard InChI is InChI=1S/C15H18N4O2S/c1-8-3-4-10-11(5-8)22-15(12(10)13(16)20)18-14(21)9-6-17-19(2)7-9/h6-8H,3-5H2,1-2H3,(H2,16,20)(H,18,21)/t8-/m1/s1. The number of nitrogens with one attached hydrogen (secondary N) is 1. The summed E-state index contributed by atoms with van der Waals surface area (Å²) in [6.07, 6.45) is 5.95. The summed E-state index contributed by atoms with van der Waals surface area (Å²) in [4.78, 5) is 25.3. The van der Waals surface area contributed by atoms with Crippen LogP contribution in [0.25, 0.3) is 0 Å². The SMILES string of the molecule is C[C@@H]1CCc2c(sc(NC(=O)c3cnn(C)c3)c2C(N)=O)C1. The maximum atomic E-state index is 12.3. The average Bonchev–Trinajstić information content (AvgIpc) is 3.01. The lowest BCUT2D eigenvalue weighted by atomic mass is 9.88. The maximum Gasteiger partial charge on any atom is 0.259 e. The minimum Gasteiger partial charge on any atom is -0.365 e. The molecule has 0 bridgehead atoms. The zero-order chi connectivity index (χ0) is 15.9. The van der Waals surface area contributed by atoms with Crippen LogP contribution in [-0.4, -0.2) is 21.6 Å². The minimum atomic E-state index is -0.478. The second-order valence-corrected chi connectivity index (χ2v) is 6.88. The van der Waals surface area contributed by atoms with Gasteiger partial charge in [0.2, 0.25) is 0 Å². The van der Waals surface area contributed by atoms with Crippen LogP contribution in [0.3, 0.4) is 0 Å². The lowest BCUT2D eigenvalue weighted by Gasteiger charge is -2.18. The largest absolute Gasteiger partial charge is 0.365 e. The highest BCUT2D eigenvalue weighted by molar-refractivity contribution is 7.17. The zero-order valence-electron chi connectivity index (χ0n) is 12.5. The summed E-state index contributed by atoms with van der Waals surface area (Å²) in [5.74, 6) is -0.162. The Hall–Kier alpha value is -2.15. The van der Waals surface area contributed by atoms with Gasteiger partial charge >= 0.3 is 0 Å². The van der Waals surface area contributed by atoms with E-state index in [1.165, 1.54) is 17.5 Å². The number of primary amides is 1. The first-order valence-corrected chi connectivity index (χ1v) is 8.01. The molecule has 0 radical (unpaired) electrons. The summed E-state index contributed by atoms with van der Waals surface area (Å²) in [5, 5.41) is 7.35. The predicted octanol–water partition coefficient (Wildman–Crippen LogP) is 1.96. The normalized spacial score (nSPS) is 17.1. The van der Waals surface area contributed by atoms with Crippen LogP contribution in [0.5, 0.6) is 0 Å². The van der Waals surface area contributed by atoms with E-state index in [4.69, 9.17) is 5.73 Å². The molecule has 2 amide bonds. The van der Waals surface area contributed by atoms with E-state index in [1.807, 2.05) is 0 Å². The molecule has 2 heterocycles. The molecule has 0 saturated heterocycles. The highest BCUT2D eigenvalue weighted by Gasteiger charge is 2.27. The van der Waals surface area contributed by atoms with Crippen LogP contribution >= 0.6 is 11.3 Å². The first-order valence-electron chi connectivity index (χ1n) is 7.20. The minimum absolute atomic E-state index is 0.276. The molecule has 2 aromatic rings. The monoisotopic (exact) mass is 318 g/mol. The summed E-state index contributed by atoms with van der Waals surface area (Å²) in [7, 11) is 1.75. The molecule has 116 valence electrons. The summed E-state index contributed by atoms with van der Waals surface area (Å²) in [5.41, 5.74) is 7.48. The van der Waals surface area contributed by atoms with Gasteiger partial charge in [-0.2, -0.15) is 5.10 Å². The van der Waals surface area contributed by atoms with Crippen molar-refractivity contribution in [2.75, 3.05) is 5.32 Å². The van der Waals surface area contributed by atoms with Crippen LogP contribution in [0.15, 0.2) is 12.4 Å². The number of aromatic nitrogens is 2. The van der Waals surface area contributed by atoms with Gasteiger partial charge in [0.15, 0.2) is 0 Å². The highest BCUT2D eigenvalue weighted by atomic mass is 32.1. The molecule has 0 aliphatic heterocycles. The molecular formula is C15H18N4O2S. The Balaban J connectivity index is 1.93. The van der Waals surface area contributed by atoms with Crippen LogP contribution in [0, 0.1) is 5.92 Å². The lowest BCUT2D eigenvalue weighted by molar-refractivity contribution is 0.1000. The summed E-state index contributed by atoms with van der Waals surface area (Å²) in [6, 6.07) is 0. The van der Waals surface area contributed by atoms with E-state index in [-0.39, 0.29) is 5.91 Å². The number of hydrogen-bond acceptors (Lipinski definition) is 4. The molecule has 0 fully saturated rings. The summed E-state index contributed by atoms with van der Waals surface area (Å²) < 4.78 is 1.56. The van der Waals surface area contributed by atoms with Crippen LogP contribution in [-0.2, 0) is 19.9 Å². The number of nitrogens with zero attached hydrogens (tertiary/aromatic N) is 2.